The van der Waals surface area contributed by atoms with E-state index in [1.807, 2.05) is 33.8 Å². The molecule has 0 aliphatic rings. The first-order valence-electron chi connectivity index (χ1n) is 5.32. The van der Waals surface area contributed by atoms with Crippen LogP contribution < -0.4 is 10.5 Å². The van der Waals surface area contributed by atoms with Crippen molar-refractivity contribution in [3.05, 3.63) is 17.3 Å². The third-order valence-corrected chi connectivity index (χ3v) is 2.36. The second kappa shape index (κ2) is 4.96. The Bertz CT molecular complexity index is 411. The molecule has 16 heavy (non-hydrogen) atoms. The van der Waals surface area contributed by atoms with Gasteiger partial charge in [-0.1, -0.05) is 13.8 Å². The van der Waals surface area contributed by atoms with Crippen molar-refractivity contribution in [2.75, 3.05) is 7.11 Å². The molecule has 0 radical (unpaired) electrons. The van der Waals surface area contributed by atoms with E-state index >= 15 is 0 Å². The van der Waals surface area contributed by atoms with Crippen molar-refractivity contribution < 1.29 is 4.74 Å². The number of nitrogens with zero attached hydrogens (tertiary/aromatic N) is 2. The van der Waals surface area contributed by atoms with Crippen molar-refractivity contribution in [3.8, 4) is 5.88 Å². The van der Waals surface area contributed by atoms with E-state index in [1.54, 1.807) is 7.11 Å². The Labute approximate surface area is 96.6 Å². The molecule has 88 valence electrons. The van der Waals surface area contributed by atoms with E-state index in [4.69, 9.17) is 10.5 Å². The fraction of sp³-hybridized carbons (Fsp3) is 0.500. The van der Waals surface area contributed by atoms with Gasteiger partial charge in [0.05, 0.1) is 12.8 Å². The van der Waals surface area contributed by atoms with Gasteiger partial charge in [0.15, 0.2) is 0 Å². The van der Waals surface area contributed by atoms with Crippen molar-refractivity contribution in [2.45, 2.75) is 27.7 Å². The quantitative estimate of drug-likeness (QED) is 0.629. The molecule has 0 spiro atoms. The topological polar surface area (TPSA) is 60.5 Å². The molecule has 0 amide bonds. The van der Waals surface area contributed by atoms with Crippen molar-refractivity contribution in [1.82, 2.24) is 4.98 Å². The highest BCUT2D eigenvalue weighted by Gasteiger charge is 2.08. The zero-order valence-corrected chi connectivity index (χ0v) is 10.5. The van der Waals surface area contributed by atoms with Gasteiger partial charge in [0.2, 0.25) is 5.88 Å². The molecule has 0 fully saturated rings. The predicted octanol–water partition coefficient (Wildman–Crippen LogP) is 2.35. The van der Waals surface area contributed by atoms with Crippen molar-refractivity contribution in [2.24, 2.45) is 16.6 Å². The molecule has 0 atom stereocenters. The largest absolute Gasteiger partial charge is 0.481 e. The lowest BCUT2D eigenvalue weighted by molar-refractivity contribution is 0.394. The normalized spacial score (nSPS) is 12.0. The van der Waals surface area contributed by atoms with Gasteiger partial charge in [-0.2, -0.15) is 0 Å². The Kier molecular flexibility index (Phi) is 3.88. The fourth-order valence-electron chi connectivity index (χ4n) is 1.28. The molecule has 4 nitrogen and oxygen atoms in total. The number of aryl methyl sites for hydroxylation is 1. The number of hydrogen-bond acceptors (Lipinski definition) is 3. The van der Waals surface area contributed by atoms with Gasteiger partial charge < -0.3 is 10.5 Å². The van der Waals surface area contributed by atoms with E-state index in [-0.39, 0.29) is 5.92 Å². The Balaban J connectivity index is 3.24. The molecule has 1 heterocycles. The third kappa shape index (κ3) is 2.72. The van der Waals surface area contributed by atoms with E-state index < -0.39 is 0 Å². The first kappa shape index (κ1) is 12.5. The zero-order valence-electron chi connectivity index (χ0n) is 10.5. The maximum atomic E-state index is 5.85. The van der Waals surface area contributed by atoms with Crippen LogP contribution in [-0.4, -0.2) is 17.9 Å². The van der Waals surface area contributed by atoms with E-state index in [0.717, 1.165) is 16.9 Å². The number of hydrogen-bond donors (Lipinski definition) is 1. The van der Waals surface area contributed by atoms with Crippen LogP contribution in [0.2, 0.25) is 0 Å². The molecule has 0 aromatic carbocycles. The van der Waals surface area contributed by atoms with Gasteiger partial charge in [0, 0.05) is 17.2 Å². The van der Waals surface area contributed by atoms with Gasteiger partial charge in [-0.25, -0.2) is 9.98 Å². The maximum Gasteiger partial charge on any atom is 0.218 e. The summed E-state index contributed by atoms with van der Waals surface area (Å²) in [6.45, 7) is 7.86. The molecule has 0 saturated heterocycles. The summed E-state index contributed by atoms with van der Waals surface area (Å²) in [5.41, 5.74) is 8.46. The Morgan fingerprint density at radius 3 is 2.56 bits per heavy atom. The summed E-state index contributed by atoms with van der Waals surface area (Å²) in [7, 11) is 1.61. The monoisotopic (exact) mass is 221 g/mol. The Morgan fingerprint density at radius 2 is 2.06 bits per heavy atom. The van der Waals surface area contributed by atoms with Gasteiger partial charge in [0.25, 0.3) is 0 Å². The summed E-state index contributed by atoms with van der Waals surface area (Å²) < 4.78 is 5.19. The zero-order chi connectivity index (χ0) is 12.3. The number of pyridine rings is 1. The lowest BCUT2D eigenvalue weighted by Crippen LogP contribution is -2.18. The predicted molar refractivity (Wildman–Crippen MR) is 66.4 cm³/mol. The number of rotatable bonds is 3. The minimum Gasteiger partial charge on any atom is -0.481 e. The van der Waals surface area contributed by atoms with Gasteiger partial charge >= 0.3 is 0 Å². The van der Waals surface area contributed by atoms with Crippen LogP contribution in [0.4, 0.5) is 5.69 Å². The fourth-order valence-corrected chi connectivity index (χ4v) is 1.28. The number of ether oxygens (including phenoxy) is 1. The van der Waals surface area contributed by atoms with Gasteiger partial charge in [-0.3, -0.25) is 0 Å². The summed E-state index contributed by atoms with van der Waals surface area (Å²) in [4.78, 5) is 8.67. The molecule has 0 bridgehead atoms. The average Bonchev–Trinajstić information content (AvgIpc) is 2.22. The van der Waals surface area contributed by atoms with Crippen molar-refractivity contribution in [1.29, 1.82) is 0 Å². The first-order chi connectivity index (χ1) is 7.45. The summed E-state index contributed by atoms with van der Waals surface area (Å²) in [6, 6.07) is 1.91. The number of methoxy groups -OCH3 is 1. The minimum atomic E-state index is 0.235. The van der Waals surface area contributed by atoms with Crippen LogP contribution in [0.25, 0.3) is 0 Å². The lowest BCUT2D eigenvalue weighted by Gasteiger charge is -2.09. The highest BCUT2D eigenvalue weighted by molar-refractivity contribution is 5.85. The summed E-state index contributed by atoms with van der Waals surface area (Å²) in [5.74, 6) is 1.46. The van der Waals surface area contributed by atoms with Gasteiger partial charge in [-0.05, 0) is 19.9 Å². The van der Waals surface area contributed by atoms with Gasteiger partial charge in [-0.15, -0.1) is 0 Å². The molecule has 1 aromatic heterocycles. The maximum absolute atomic E-state index is 5.85. The second-order valence-corrected chi connectivity index (χ2v) is 4.11. The van der Waals surface area contributed by atoms with Crippen LogP contribution >= 0.6 is 0 Å². The summed E-state index contributed by atoms with van der Waals surface area (Å²) in [5, 5.41) is 0. The number of amidine groups is 1. The van der Waals surface area contributed by atoms with E-state index in [0.29, 0.717) is 11.7 Å². The van der Waals surface area contributed by atoms with Crippen LogP contribution in [0, 0.1) is 19.8 Å². The third-order valence-electron chi connectivity index (χ3n) is 2.36. The Hall–Kier alpha value is -1.58. The summed E-state index contributed by atoms with van der Waals surface area (Å²) >= 11 is 0. The molecule has 0 aliphatic heterocycles. The van der Waals surface area contributed by atoms with E-state index in [2.05, 4.69) is 9.98 Å². The molecular weight excluding hydrogens is 202 g/mol. The standard InChI is InChI=1S/C12H19N3O/c1-7(2)11(13)15-10-6-8(3)14-12(16-5)9(10)4/h6-7H,1-5H3,(H2,13,14,15). The molecule has 0 unspecified atom stereocenters. The lowest BCUT2D eigenvalue weighted by atomic mass is 10.2. The molecule has 1 rings (SSSR count). The van der Waals surface area contributed by atoms with Crippen molar-refractivity contribution in [3.63, 3.8) is 0 Å². The SMILES string of the molecule is COc1nc(C)cc(N=C(N)C(C)C)c1C. The van der Waals surface area contributed by atoms with E-state index in [9.17, 15) is 0 Å². The van der Waals surface area contributed by atoms with Crippen LogP contribution in [0.5, 0.6) is 5.88 Å². The number of nitrogens with two attached hydrogens (primary N) is 1. The van der Waals surface area contributed by atoms with Crippen LogP contribution in [0.3, 0.4) is 0 Å². The van der Waals surface area contributed by atoms with Gasteiger partial charge in [0.1, 0.15) is 5.84 Å². The molecule has 0 aliphatic carbocycles. The smallest absolute Gasteiger partial charge is 0.218 e. The summed E-state index contributed by atoms with van der Waals surface area (Å²) in [6.07, 6.45) is 0. The molecule has 4 heteroatoms. The molecule has 1 aromatic rings. The minimum absolute atomic E-state index is 0.235. The van der Waals surface area contributed by atoms with Crippen LogP contribution in [0.1, 0.15) is 25.1 Å². The van der Waals surface area contributed by atoms with Crippen molar-refractivity contribution >= 4 is 11.5 Å². The molecule has 2 N–H and O–H groups in total. The van der Waals surface area contributed by atoms with E-state index in [1.165, 1.54) is 0 Å². The number of aromatic nitrogens is 1. The first-order valence-corrected chi connectivity index (χ1v) is 5.32. The highest BCUT2D eigenvalue weighted by atomic mass is 16.5. The second-order valence-electron chi connectivity index (χ2n) is 4.11. The van der Waals surface area contributed by atoms with Crippen LogP contribution in [0.15, 0.2) is 11.1 Å². The molecule has 0 saturated carbocycles. The van der Waals surface area contributed by atoms with Crippen LogP contribution in [-0.2, 0) is 0 Å². The number of aliphatic imine (C=N–C) groups is 1. The average molecular weight is 221 g/mol. The Morgan fingerprint density at radius 1 is 1.44 bits per heavy atom. The highest BCUT2D eigenvalue weighted by Crippen LogP contribution is 2.27. The molecular formula is C12H19N3O.